The third kappa shape index (κ3) is 4.26. The zero-order valence-corrected chi connectivity index (χ0v) is 14.8. The molecule has 0 saturated heterocycles. The number of hydrogen-bond acceptors (Lipinski definition) is 4. The SMILES string of the molecule is COc1cccc(CNCc2ccc(-c3sccc3C(N)=O)cc2)c1. The van der Waals surface area contributed by atoms with Crippen LogP contribution >= 0.6 is 11.3 Å². The number of rotatable bonds is 7. The van der Waals surface area contributed by atoms with Crippen LogP contribution in [-0.2, 0) is 13.1 Å². The van der Waals surface area contributed by atoms with E-state index in [1.165, 1.54) is 22.5 Å². The second-order valence-corrected chi connectivity index (χ2v) is 6.60. The first-order valence-electron chi connectivity index (χ1n) is 7.97. The number of thiophene rings is 1. The minimum atomic E-state index is -0.389. The smallest absolute Gasteiger partial charge is 0.250 e. The summed E-state index contributed by atoms with van der Waals surface area (Å²) in [6, 6.07) is 18.0. The van der Waals surface area contributed by atoms with Crippen molar-refractivity contribution in [2.75, 3.05) is 7.11 Å². The summed E-state index contributed by atoms with van der Waals surface area (Å²) in [6.45, 7) is 1.54. The molecule has 0 aliphatic heterocycles. The van der Waals surface area contributed by atoms with Crippen molar-refractivity contribution in [3.05, 3.63) is 76.7 Å². The largest absolute Gasteiger partial charge is 0.497 e. The van der Waals surface area contributed by atoms with Crippen molar-refractivity contribution >= 4 is 17.2 Å². The average Bonchev–Trinajstić information content (AvgIpc) is 3.13. The predicted molar refractivity (Wildman–Crippen MR) is 102 cm³/mol. The molecule has 1 heterocycles. The Morgan fingerprint density at radius 2 is 1.84 bits per heavy atom. The van der Waals surface area contributed by atoms with Crippen LogP contribution in [0.3, 0.4) is 0 Å². The van der Waals surface area contributed by atoms with Gasteiger partial charge in [-0.3, -0.25) is 4.79 Å². The van der Waals surface area contributed by atoms with E-state index in [1.807, 2.05) is 35.7 Å². The number of nitrogens with one attached hydrogen (secondary N) is 1. The van der Waals surface area contributed by atoms with Crippen LogP contribution < -0.4 is 15.8 Å². The maximum atomic E-state index is 11.5. The lowest BCUT2D eigenvalue weighted by Gasteiger charge is -2.08. The Morgan fingerprint density at radius 1 is 1.08 bits per heavy atom. The molecule has 2 aromatic carbocycles. The summed E-state index contributed by atoms with van der Waals surface area (Å²) in [5.41, 5.74) is 9.37. The number of amides is 1. The van der Waals surface area contributed by atoms with Crippen LogP contribution in [0, 0.1) is 0 Å². The summed E-state index contributed by atoms with van der Waals surface area (Å²) in [5.74, 6) is 0.477. The number of nitrogens with two attached hydrogens (primary N) is 1. The first kappa shape index (κ1) is 17.2. The van der Waals surface area contributed by atoms with Crippen LogP contribution in [0.1, 0.15) is 21.5 Å². The summed E-state index contributed by atoms with van der Waals surface area (Å²) in [5, 5.41) is 5.31. The van der Waals surface area contributed by atoms with Crippen molar-refractivity contribution in [1.29, 1.82) is 0 Å². The minimum absolute atomic E-state index is 0.389. The molecular formula is C20H20N2O2S. The van der Waals surface area contributed by atoms with Gasteiger partial charge in [-0.15, -0.1) is 11.3 Å². The molecule has 0 fully saturated rings. The maximum Gasteiger partial charge on any atom is 0.250 e. The molecule has 3 N–H and O–H groups in total. The molecule has 3 rings (SSSR count). The van der Waals surface area contributed by atoms with Gasteiger partial charge < -0.3 is 15.8 Å². The standard InChI is InChI=1S/C20H20N2O2S/c1-24-17-4-2-3-15(11-17)13-22-12-14-5-7-16(8-6-14)19-18(20(21)23)9-10-25-19/h2-11,22H,12-13H2,1H3,(H2,21,23). The van der Waals surface area contributed by atoms with Gasteiger partial charge in [0, 0.05) is 18.0 Å². The normalized spacial score (nSPS) is 10.6. The lowest BCUT2D eigenvalue weighted by Crippen LogP contribution is -2.12. The molecule has 3 aromatic rings. The van der Waals surface area contributed by atoms with Crippen molar-refractivity contribution in [3.8, 4) is 16.2 Å². The molecule has 0 aliphatic carbocycles. The van der Waals surface area contributed by atoms with E-state index in [9.17, 15) is 4.79 Å². The third-order valence-electron chi connectivity index (χ3n) is 3.94. The molecule has 0 unspecified atom stereocenters. The van der Waals surface area contributed by atoms with Crippen molar-refractivity contribution in [2.45, 2.75) is 13.1 Å². The molecular weight excluding hydrogens is 332 g/mol. The Balaban J connectivity index is 1.61. The fraction of sp³-hybridized carbons (Fsp3) is 0.150. The van der Waals surface area contributed by atoms with Crippen LogP contribution in [0.15, 0.2) is 60.0 Å². The molecule has 0 spiro atoms. The number of primary amides is 1. The van der Waals surface area contributed by atoms with Gasteiger partial charge in [0.05, 0.1) is 12.7 Å². The van der Waals surface area contributed by atoms with Crippen molar-refractivity contribution in [1.82, 2.24) is 5.32 Å². The van der Waals surface area contributed by atoms with Gasteiger partial charge in [0.15, 0.2) is 0 Å². The Bertz CT molecular complexity index is 856. The van der Waals surface area contributed by atoms with Gasteiger partial charge in [-0.1, -0.05) is 36.4 Å². The summed E-state index contributed by atoms with van der Waals surface area (Å²) in [7, 11) is 1.67. The molecule has 4 nitrogen and oxygen atoms in total. The number of hydrogen-bond donors (Lipinski definition) is 2. The minimum Gasteiger partial charge on any atom is -0.497 e. The zero-order chi connectivity index (χ0) is 17.6. The predicted octanol–water partition coefficient (Wildman–Crippen LogP) is 3.81. The highest BCUT2D eigenvalue weighted by molar-refractivity contribution is 7.14. The highest BCUT2D eigenvalue weighted by Crippen LogP contribution is 2.29. The van der Waals surface area contributed by atoms with Crippen molar-refractivity contribution in [3.63, 3.8) is 0 Å². The quantitative estimate of drug-likeness (QED) is 0.679. The molecule has 0 bridgehead atoms. The Hall–Kier alpha value is -2.63. The number of carbonyl (C=O) groups is 1. The summed E-state index contributed by atoms with van der Waals surface area (Å²) >= 11 is 1.53. The summed E-state index contributed by atoms with van der Waals surface area (Å²) < 4.78 is 5.23. The average molecular weight is 352 g/mol. The van der Waals surface area contributed by atoms with Crippen LogP contribution in [0.5, 0.6) is 5.75 Å². The molecule has 1 amide bonds. The van der Waals surface area contributed by atoms with Gasteiger partial charge in [0.1, 0.15) is 5.75 Å². The van der Waals surface area contributed by atoms with Gasteiger partial charge in [-0.25, -0.2) is 0 Å². The second-order valence-electron chi connectivity index (χ2n) is 5.68. The number of ether oxygens (including phenoxy) is 1. The van der Waals surface area contributed by atoms with E-state index >= 15 is 0 Å². The number of benzene rings is 2. The third-order valence-corrected chi connectivity index (χ3v) is 4.90. The lowest BCUT2D eigenvalue weighted by atomic mass is 10.1. The van der Waals surface area contributed by atoms with Crippen molar-refractivity contribution in [2.24, 2.45) is 5.73 Å². The molecule has 25 heavy (non-hydrogen) atoms. The fourth-order valence-electron chi connectivity index (χ4n) is 2.63. The molecule has 0 atom stereocenters. The Morgan fingerprint density at radius 3 is 2.56 bits per heavy atom. The van der Waals surface area contributed by atoms with Crippen LogP contribution in [-0.4, -0.2) is 13.0 Å². The van der Waals surface area contributed by atoms with Crippen LogP contribution in [0.4, 0.5) is 0 Å². The van der Waals surface area contributed by atoms with Gasteiger partial charge in [-0.05, 0) is 40.3 Å². The Labute approximate surface area is 151 Å². The first-order chi connectivity index (χ1) is 12.2. The fourth-order valence-corrected chi connectivity index (χ4v) is 3.54. The molecule has 1 aromatic heterocycles. The molecule has 5 heteroatoms. The maximum absolute atomic E-state index is 11.5. The highest BCUT2D eigenvalue weighted by Gasteiger charge is 2.11. The first-order valence-corrected chi connectivity index (χ1v) is 8.85. The van der Waals surface area contributed by atoms with Gasteiger partial charge >= 0.3 is 0 Å². The van der Waals surface area contributed by atoms with Crippen LogP contribution in [0.25, 0.3) is 10.4 Å². The monoisotopic (exact) mass is 352 g/mol. The van der Waals surface area contributed by atoms with E-state index in [4.69, 9.17) is 10.5 Å². The molecule has 0 aliphatic rings. The van der Waals surface area contributed by atoms with Crippen molar-refractivity contribution < 1.29 is 9.53 Å². The summed E-state index contributed by atoms with van der Waals surface area (Å²) in [4.78, 5) is 12.4. The van der Waals surface area contributed by atoms with E-state index in [0.29, 0.717) is 5.56 Å². The number of carbonyl (C=O) groups excluding carboxylic acids is 1. The van der Waals surface area contributed by atoms with E-state index in [1.54, 1.807) is 13.2 Å². The van der Waals surface area contributed by atoms with Gasteiger partial charge in [-0.2, -0.15) is 0 Å². The Kier molecular flexibility index (Phi) is 5.48. The van der Waals surface area contributed by atoms with E-state index < -0.39 is 0 Å². The molecule has 0 radical (unpaired) electrons. The zero-order valence-electron chi connectivity index (χ0n) is 14.0. The molecule has 0 saturated carbocycles. The van der Waals surface area contributed by atoms with Gasteiger partial charge in [0.2, 0.25) is 5.91 Å². The van der Waals surface area contributed by atoms with E-state index in [2.05, 4.69) is 23.5 Å². The number of methoxy groups -OCH3 is 1. The van der Waals surface area contributed by atoms with Gasteiger partial charge in [0.25, 0.3) is 0 Å². The second kappa shape index (κ2) is 7.96. The highest BCUT2D eigenvalue weighted by atomic mass is 32.1. The topological polar surface area (TPSA) is 64.3 Å². The van der Waals surface area contributed by atoms with E-state index in [0.717, 1.165) is 29.3 Å². The lowest BCUT2D eigenvalue weighted by molar-refractivity contribution is 0.100. The summed E-state index contributed by atoms with van der Waals surface area (Å²) in [6.07, 6.45) is 0. The van der Waals surface area contributed by atoms with E-state index in [-0.39, 0.29) is 5.91 Å². The molecule has 128 valence electrons. The van der Waals surface area contributed by atoms with Crippen LogP contribution in [0.2, 0.25) is 0 Å².